The largest absolute Gasteiger partial charge is 0.494 e. The van der Waals surface area contributed by atoms with E-state index in [1.54, 1.807) is 6.07 Å². The zero-order chi connectivity index (χ0) is 15.8. The van der Waals surface area contributed by atoms with E-state index < -0.39 is 12.1 Å². The first-order valence-corrected chi connectivity index (χ1v) is 7.10. The number of carbonyl (C=O) groups excluding carboxylic acids is 1. The lowest BCUT2D eigenvalue weighted by atomic mass is 10.0. The molecule has 5 nitrogen and oxygen atoms in total. The number of benzene rings is 1. The quantitative estimate of drug-likeness (QED) is 0.744. The first-order valence-electron chi connectivity index (χ1n) is 7.10. The van der Waals surface area contributed by atoms with Crippen LogP contribution < -0.4 is 4.74 Å². The number of esters is 1. The molecule has 0 radical (unpaired) electrons. The van der Waals surface area contributed by atoms with Gasteiger partial charge in [0.2, 0.25) is 0 Å². The molecule has 0 aliphatic rings. The van der Waals surface area contributed by atoms with Gasteiger partial charge in [0, 0.05) is 12.0 Å². The molecule has 0 heterocycles. The third kappa shape index (κ3) is 5.36. The van der Waals surface area contributed by atoms with E-state index >= 15 is 0 Å². The zero-order valence-electron chi connectivity index (χ0n) is 13.1. The Morgan fingerprint density at radius 3 is 2.57 bits per heavy atom. The molecule has 1 N–H and O–H groups in total. The van der Waals surface area contributed by atoms with Crippen molar-refractivity contribution < 1.29 is 24.1 Å². The highest BCUT2D eigenvalue weighted by Gasteiger charge is 2.22. The average Bonchev–Trinajstić information content (AvgIpc) is 2.47. The monoisotopic (exact) mass is 296 g/mol. The molecule has 118 valence electrons. The molecule has 0 unspecified atom stereocenters. The van der Waals surface area contributed by atoms with E-state index in [0.717, 1.165) is 5.56 Å². The van der Waals surface area contributed by atoms with Gasteiger partial charge < -0.3 is 19.3 Å². The van der Waals surface area contributed by atoms with Gasteiger partial charge in [0.25, 0.3) is 0 Å². The predicted octanol–water partition coefficient (Wildman–Crippen LogP) is 2.09. The van der Waals surface area contributed by atoms with Crippen LogP contribution in [0.5, 0.6) is 5.75 Å². The van der Waals surface area contributed by atoms with Crippen LogP contribution in [0.2, 0.25) is 0 Å². The Balaban J connectivity index is 2.90. The van der Waals surface area contributed by atoms with Crippen molar-refractivity contribution in [3.63, 3.8) is 0 Å². The van der Waals surface area contributed by atoms with Gasteiger partial charge in [-0.1, -0.05) is 6.07 Å². The molecule has 0 saturated carbocycles. The maximum absolute atomic E-state index is 11.8. The number of hydrogen-bond acceptors (Lipinski definition) is 5. The van der Waals surface area contributed by atoms with Gasteiger partial charge in [-0.25, -0.2) is 4.79 Å². The standard InChI is InChI=1S/C16H24O5/c1-5-20-14-7-6-12(8-13(14)10-17)9-15(16(18)19-4)21-11(2)3/h6-8,11,15,17H,5,9-10H2,1-4H3/t15-/m0/s1. The van der Waals surface area contributed by atoms with Gasteiger partial charge in [-0.2, -0.15) is 0 Å². The molecule has 21 heavy (non-hydrogen) atoms. The first-order chi connectivity index (χ1) is 10.0. The summed E-state index contributed by atoms with van der Waals surface area (Å²) in [7, 11) is 1.34. The maximum atomic E-state index is 11.8. The molecule has 1 aromatic carbocycles. The lowest BCUT2D eigenvalue weighted by molar-refractivity contribution is -0.156. The Labute approximate surface area is 125 Å². The third-order valence-corrected chi connectivity index (χ3v) is 2.92. The third-order valence-electron chi connectivity index (χ3n) is 2.92. The Hall–Kier alpha value is -1.59. The SMILES string of the molecule is CCOc1ccc(C[C@H](OC(C)C)C(=O)OC)cc1CO. The highest BCUT2D eigenvalue weighted by molar-refractivity contribution is 5.75. The molecule has 0 bridgehead atoms. The summed E-state index contributed by atoms with van der Waals surface area (Å²) >= 11 is 0. The van der Waals surface area contributed by atoms with Crippen LogP contribution in [0.1, 0.15) is 31.9 Å². The number of ether oxygens (including phenoxy) is 3. The lowest BCUT2D eigenvalue weighted by Crippen LogP contribution is -2.30. The molecule has 1 aromatic rings. The van der Waals surface area contributed by atoms with Crippen molar-refractivity contribution in [2.45, 2.75) is 46.0 Å². The molecule has 0 aromatic heterocycles. The van der Waals surface area contributed by atoms with Crippen molar-refractivity contribution in [1.29, 1.82) is 0 Å². The van der Waals surface area contributed by atoms with Crippen LogP contribution in [-0.2, 0) is 27.3 Å². The zero-order valence-corrected chi connectivity index (χ0v) is 13.1. The maximum Gasteiger partial charge on any atom is 0.335 e. The Kier molecular flexibility index (Phi) is 7.19. The fourth-order valence-corrected chi connectivity index (χ4v) is 2.04. The second-order valence-corrected chi connectivity index (χ2v) is 4.93. The normalized spacial score (nSPS) is 12.3. The molecule has 0 aliphatic heterocycles. The minimum atomic E-state index is -0.653. The van der Waals surface area contributed by atoms with Crippen molar-refractivity contribution in [2.75, 3.05) is 13.7 Å². The summed E-state index contributed by atoms with van der Waals surface area (Å²) in [5.74, 6) is 0.256. The summed E-state index contributed by atoms with van der Waals surface area (Å²) in [6.07, 6.45) is -0.335. The van der Waals surface area contributed by atoms with E-state index in [9.17, 15) is 9.90 Å². The fraction of sp³-hybridized carbons (Fsp3) is 0.562. The van der Waals surface area contributed by atoms with Gasteiger partial charge in [0.1, 0.15) is 5.75 Å². The van der Waals surface area contributed by atoms with Crippen LogP contribution in [-0.4, -0.2) is 37.0 Å². The van der Waals surface area contributed by atoms with Gasteiger partial charge >= 0.3 is 5.97 Å². The summed E-state index contributed by atoms with van der Waals surface area (Å²) in [6.45, 7) is 6.05. The summed E-state index contributed by atoms with van der Waals surface area (Å²) in [5.41, 5.74) is 1.58. The minimum Gasteiger partial charge on any atom is -0.494 e. The van der Waals surface area contributed by atoms with Crippen LogP contribution in [0.4, 0.5) is 0 Å². The van der Waals surface area contributed by atoms with Crippen LogP contribution in [0.3, 0.4) is 0 Å². The number of rotatable bonds is 8. The smallest absolute Gasteiger partial charge is 0.335 e. The van der Waals surface area contributed by atoms with Gasteiger partial charge in [0.05, 0.1) is 26.4 Å². The minimum absolute atomic E-state index is 0.0749. The lowest BCUT2D eigenvalue weighted by Gasteiger charge is -2.19. The molecule has 0 spiro atoms. The summed E-state index contributed by atoms with van der Waals surface area (Å²) < 4.78 is 15.8. The van der Waals surface area contributed by atoms with Crippen molar-refractivity contribution in [3.8, 4) is 5.75 Å². The Morgan fingerprint density at radius 2 is 2.05 bits per heavy atom. The van der Waals surface area contributed by atoms with Crippen LogP contribution in [0, 0.1) is 0 Å². The second-order valence-electron chi connectivity index (χ2n) is 4.93. The van der Waals surface area contributed by atoms with Gasteiger partial charge in [-0.05, 0) is 38.5 Å². The fourth-order valence-electron chi connectivity index (χ4n) is 2.04. The molecule has 0 saturated heterocycles. The molecule has 0 aliphatic carbocycles. The Morgan fingerprint density at radius 1 is 1.33 bits per heavy atom. The average molecular weight is 296 g/mol. The number of methoxy groups -OCH3 is 1. The molecular formula is C16H24O5. The predicted molar refractivity (Wildman–Crippen MR) is 79.3 cm³/mol. The number of aliphatic hydroxyl groups is 1. The first kappa shape index (κ1) is 17.5. The van der Waals surface area contributed by atoms with Crippen molar-refractivity contribution in [2.24, 2.45) is 0 Å². The molecule has 0 fully saturated rings. The van der Waals surface area contributed by atoms with Crippen LogP contribution in [0.25, 0.3) is 0 Å². The van der Waals surface area contributed by atoms with E-state index in [1.165, 1.54) is 7.11 Å². The van der Waals surface area contributed by atoms with Gasteiger partial charge in [-0.15, -0.1) is 0 Å². The summed E-state index contributed by atoms with van der Waals surface area (Å²) in [5, 5.41) is 9.40. The van der Waals surface area contributed by atoms with Gasteiger partial charge in [0.15, 0.2) is 6.10 Å². The van der Waals surface area contributed by atoms with Gasteiger partial charge in [-0.3, -0.25) is 0 Å². The highest BCUT2D eigenvalue weighted by atomic mass is 16.6. The second kappa shape index (κ2) is 8.64. The number of aliphatic hydroxyl groups excluding tert-OH is 1. The van der Waals surface area contributed by atoms with E-state index in [1.807, 2.05) is 32.9 Å². The van der Waals surface area contributed by atoms with Crippen LogP contribution in [0.15, 0.2) is 18.2 Å². The van der Waals surface area contributed by atoms with E-state index in [4.69, 9.17) is 14.2 Å². The van der Waals surface area contributed by atoms with E-state index in [-0.39, 0.29) is 12.7 Å². The summed E-state index contributed by atoms with van der Waals surface area (Å²) in [6, 6.07) is 5.49. The molecular weight excluding hydrogens is 272 g/mol. The number of hydrogen-bond donors (Lipinski definition) is 1. The molecule has 1 atom stereocenters. The molecule has 1 rings (SSSR count). The number of carbonyl (C=O) groups is 1. The van der Waals surface area contributed by atoms with Crippen LogP contribution >= 0.6 is 0 Å². The van der Waals surface area contributed by atoms with E-state index in [2.05, 4.69) is 0 Å². The summed E-state index contributed by atoms with van der Waals surface area (Å²) in [4.78, 5) is 11.8. The van der Waals surface area contributed by atoms with Crippen molar-refractivity contribution in [1.82, 2.24) is 0 Å². The molecule has 0 amide bonds. The van der Waals surface area contributed by atoms with Crippen molar-refractivity contribution >= 4 is 5.97 Å². The topological polar surface area (TPSA) is 65.0 Å². The highest BCUT2D eigenvalue weighted by Crippen LogP contribution is 2.22. The Bertz CT molecular complexity index is 456. The van der Waals surface area contributed by atoms with Crippen molar-refractivity contribution in [3.05, 3.63) is 29.3 Å². The van der Waals surface area contributed by atoms with E-state index in [0.29, 0.717) is 24.3 Å². The molecule has 5 heteroatoms.